The highest BCUT2D eigenvalue weighted by Gasteiger charge is 2.18. The van der Waals surface area contributed by atoms with Gasteiger partial charge in [-0.15, -0.1) is 0 Å². The SMILES string of the molecule is C[C@@H](CC(=N)c1ccc([N+](=O)[O-])cc1)NC(=O)OC(C)(C)C. The van der Waals surface area contributed by atoms with E-state index in [1.54, 1.807) is 27.7 Å². The Hall–Kier alpha value is -2.44. The average Bonchev–Trinajstić information content (AvgIpc) is 2.35. The van der Waals surface area contributed by atoms with Crippen molar-refractivity contribution in [2.45, 2.75) is 45.8 Å². The molecule has 1 amide bonds. The van der Waals surface area contributed by atoms with Crippen LogP contribution < -0.4 is 5.32 Å². The summed E-state index contributed by atoms with van der Waals surface area (Å²) < 4.78 is 5.14. The number of hydrogen-bond acceptors (Lipinski definition) is 5. The van der Waals surface area contributed by atoms with Gasteiger partial charge in [0.05, 0.1) is 4.92 Å². The molecule has 0 spiro atoms. The van der Waals surface area contributed by atoms with Gasteiger partial charge in [0.15, 0.2) is 0 Å². The van der Waals surface area contributed by atoms with Crippen LogP contribution in [0, 0.1) is 15.5 Å². The van der Waals surface area contributed by atoms with Crippen molar-refractivity contribution in [2.24, 2.45) is 0 Å². The predicted molar refractivity (Wildman–Crippen MR) is 83.4 cm³/mol. The van der Waals surface area contributed by atoms with Gasteiger partial charge in [0.25, 0.3) is 5.69 Å². The molecule has 1 rings (SSSR count). The Labute approximate surface area is 129 Å². The van der Waals surface area contributed by atoms with Crippen LogP contribution in [0.4, 0.5) is 10.5 Å². The second kappa shape index (κ2) is 7.02. The zero-order valence-corrected chi connectivity index (χ0v) is 13.2. The van der Waals surface area contributed by atoms with Gasteiger partial charge in [0.1, 0.15) is 5.60 Å². The van der Waals surface area contributed by atoms with Crippen molar-refractivity contribution >= 4 is 17.5 Å². The molecule has 1 aromatic rings. The Morgan fingerprint density at radius 1 is 1.36 bits per heavy atom. The number of carbonyl (C=O) groups is 1. The summed E-state index contributed by atoms with van der Waals surface area (Å²) in [6, 6.07) is 5.49. The van der Waals surface area contributed by atoms with Gasteiger partial charge in [0, 0.05) is 30.3 Å². The Morgan fingerprint density at radius 3 is 2.36 bits per heavy atom. The van der Waals surface area contributed by atoms with Gasteiger partial charge in [-0.2, -0.15) is 0 Å². The molecule has 0 fully saturated rings. The summed E-state index contributed by atoms with van der Waals surface area (Å²) in [4.78, 5) is 21.7. The molecule has 22 heavy (non-hydrogen) atoms. The van der Waals surface area contributed by atoms with Crippen LogP contribution in [0.25, 0.3) is 0 Å². The normalized spacial score (nSPS) is 12.4. The molecule has 120 valence electrons. The first kappa shape index (κ1) is 17.6. The average molecular weight is 307 g/mol. The molecule has 0 radical (unpaired) electrons. The van der Waals surface area contributed by atoms with Crippen LogP contribution in [0.1, 0.15) is 39.7 Å². The summed E-state index contributed by atoms with van der Waals surface area (Å²) in [5, 5.41) is 21.2. The number of carbonyl (C=O) groups excluding carboxylic acids is 1. The predicted octanol–water partition coefficient (Wildman–Crippen LogP) is 3.27. The van der Waals surface area contributed by atoms with E-state index in [1.165, 1.54) is 24.3 Å². The first-order valence-electron chi connectivity index (χ1n) is 6.90. The van der Waals surface area contributed by atoms with E-state index in [9.17, 15) is 14.9 Å². The lowest BCUT2D eigenvalue weighted by molar-refractivity contribution is -0.384. The lowest BCUT2D eigenvalue weighted by atomic mass is 10.0. The number of nitrogens with one attached hydrogen (secondary N) is 2. The van der Waals surface area contributed by atoms with Gasteiger partial charge < -0.3 is 15.5 Å². The van der Waals surface area contributed by atoms with E-state index in [0.29, 0.717) is 17.7 Å². The molecule has 0 aliphatic carbocycles. The highest BCUT2D eigenvalue weighted by molar-refractivity contribution is 5.98. The number of benzene rings is 1. The number of non-ortho nitro benzene ring substituents is 1. The van der Waals surface area contributed by atoms with Crippen LogP contribution >= 0.6 is 0 Å². The van der Waals surface area contributed by atoms with Gasteiger partial charge in [-0.25, -0.2) is 4.79 Å². The van der Waals surface area contributed by atoms with Crippen molar-refractivity contribution in [1.29, 1.82) is 5.41 Å². The fourth-order valence-electron chi connectivity index (χ4n) is 1.77. The second-order valence-corrected chi connectivity index (χ2v) is 6.03. The number of hydrogen-bond donors (Lipinski definition) is 2. The molecule has 1 atom stereocenters. The number of ether oxygens (including phenoxy) is 1. The Bertz CT molecular complexity index is 561. The minimum absolute atomic E-state index is 0.0171. The monoisotopic (exact) mass is 307 g/mol. The molecule has 0 saturated heterocycles. The van der Waals surface area contributed by atoms with Crippen molar-refractivity contribution in [3.05, 3.63) is 39.9 Å². The van der Waals surface area contributed by atoms with Gasteiger partial charge in [0.2, 0.25) is 0 Å². The number of amides is 1. The Morgan fingerprint density at radius 2 is 1.91 bits per heavy atom. The summed E-state index contributed by atoms with van der Waals surface area (Å²) in [7, 11) is 0. The van der Waals surface area contributed by atoms with E-state index >= 15 is 0 Å². The number of nitrogens with zero attached hydrogens (tertiary/aromatic N) is 1. The summed E-state index contributed by atoms with van der Waals surface area (Å²) in [5.41, 5.74) is 0.286. The van der Waals surface area contributed by atoms with E-state index in [-0.39, 0.29) is 11.7 Å². The lowest BCUT2D eigenvalue weighted by Gasteiger charge is -2.22. The fourth-order valence-corrected chi connectivity index (χ4v) is 1.77. The highest BCUT2D eigenvalue weighted by atomic mass is 16.6. The van der Waals surface area contributed by atoms with E-state index in [1.807, 2.05) is 0 Å². The van der Waals surface area contributed by atoms with Crippen molar-refractivity contribution in [1.82, 2.24) is 5.32 Å². The van der Waals surface area contributed by atoms with E-state index < -0.39 is 16.6 Å². The van der Waals surface area contributed by atoms with Crippen LogP contribution in [0.2, 0.25) is 0 Å². The smallest absolute Gasteiger partial charge is 0.407 e. The first-order chi connectivity index (χ1) is 10.1. The largest absolute Gasteiger partial charge is 0.444 e. The van der Waals surface area contributed by atoms with Gasteiger partial charge in [-0.3, -0.25) is 10.1 Å². The lowest BCUT2D eigenvalue weighted by Crippen LogP contribution is -2.38. The maximum absolute atomic E-state index is 11.6. The van der Waals surface area contributed by atoms with Gasteiger partial charge in [-0.05, 0) is 45.4 Å². The number of nitro benzene ring substituents is 1. The zero-order chi connectivity index (χ0) is 16.9. The summed E-state index contributed by atoms with van der Waals surface area (Å²) >= 11 is 0. The quantitative estimate of drug-likeness (QED) is 0.494. The zero-order valence-electron chi connectivity index (χ0n) is 13.2. The van der Waals surface area contributed by atoms with Crippen LogP contribution in [-0.2, 0) is 4.74 Å². The van der Waals surface area contributed by atoms with Crippen molar-refractivity contribution in [3.8, 4) is 0 Å². The topological polar surface area (TPSA) is 105 Å². The molecule has 0 saturated carbocycles. The Kier molecular flexibility index (Phi) is 5.62. The van der Waals surface area contributed by atoms with Crippen LogP contribution in [0.15, 0.2) is 24.3 Å². The molecule has 0 unspecified atom stereocenters. The second-order valence-electron chi connectivity index (χ2n) is 6.03. The maximum atomic E-state index is 11.6. The fraction of sp³-hybridized carbons (Fsp3) is 0.467. The van der Waals surface area contributed by atoms with Crippen LogP contribution in [0.3, 0.4) is 0 Å². The molecule has 0 heterocycles. The van der Waals surface area contributed by atoms with E-state index in [0.717, 1.165) is 0 Å². The molecule has 1 aromatic carbocycles. The summed E-state index contributed by atoms with van der Waals surface area (Å²) in [6.07, 6.45) is -0.228. The minimum atomic E-state index is -0.574. The molecule has 0 aliphatic rings. The molecular weight excluding hydrogens is 286 g/mol. The Balaban J connectivity index is 2.57. The number of nitro groups is 1. The van der Waals surface area contributed by atoms with E-state index in [4.69, 9.17) is 10.1 Å². The number of rotatable bonds is 5. The van der Waals surface area contributed by atoms with Crippen LogP contribution in [-0.4, -0.2) is 28.4 Å². The first-order valence-corrected chi connectivity index (χ1v) is 6.90. The highest BCUT2D eigenvalue weighted by Crippen LogP contribution is 2.14. The molecule has 7 heteroatoms. The molecule has 7 nitrogen and oxygen atoms in total. The van der Waals surface area contributed by atoms with Crippen molar-refractivity contribution in [2.75, 3.05) is 0 Å². The minimum Gasteiger partial charge on any atom is -0.444 e. The summed E-state index contributed by atoms with van der Waals surface area (Å²) in [5.74, 6) is 0. The third-order valence-corrected chi connectivity index (χ3v) is 2.70. The van der Waals surface area contributed by atoms with Crippen molar-refractivity contribution < 1.29 is 14.5 Å². The van der Waals surface area contributed by atoms with Gasteiger partial charge in [-0.1, -0.05) is 0 Å². The number of alkyl carbamates (subject to hydrolysis) is 1. The summed E-state index contributed by atoms with van der Waals surface area (Å²) in [6.45, 7) is 7.09. The molecular formula is C15H21N3O4. The maximum Gasteiger partial charge on any atom is 0.407 e. The van der Waals surface area contributed by atoms with Gasteiger partial charge >= 0.3 is 6.09 Å². The third kappa shape index (κ3) is 5.90. The standard InChI is InChI=1S/C15H21N3O4/c1-10(17-14(19)22-15(2,3)4)9-13(16)11-5-7-12(8-6-11)18(20)21/h5-8,10,16H,9H2,1-4H3,(H,17,19)/t10-/m0/s1. The van der Waals surface area contributed by atoms with Crippen LogP contribution in [0.5, 0.6) is 0 Å². The molecule has 2 N–H and O–H groups in total. The van der Waals surface area contributed by atoms with E-state index in [2.05, 4.69) is 5.32 Å². The molecule has 0 bridgehead atoms. The molecule has 0 aliphatic heterocycles. The third-order valence-electron chi connectivity index (χ3n) is 2.70. The van der Waals surface area contributed by atoms with Crippen molar-refractivity contribution in [3.63, 3.8) is 0 Å². The molecule has 0 aromatic heterocycles.